The van der Waals surface area contributed by atoms with E-state index in [4.69, 9.17) is 4.74 Å². The molecule has 0 spiro atoms. The Hall–Kier alpha value is -0.680. The van der Waals surface area contributed by atoms with Gasteiger partial charge in [-0.25, -0.2) is 9.97 Å². The Morgan fingerprint density at radius 2 is 2.12 bits per heavy atom. The molecule has 0 aliphatic heterocycles. The summed E-state index contributed by atoms with van der Waals surface area (Å²) in [6.45, 7) is 6.79. The van der Waals surface area contributed by atoms with Crippen LogP contribution in [0.15, 0.2) is 10.7 Å². The number of methoxy groups -OCH3 is 1. The highest BCUT2D eigenvalue weighted by atomic mass is 79.9. The number of hydrogen-bond donors (Lipinski definition) is 1. The normalized spacial score (nSPS) is 11.6. The quantitative estimate of drug-likeness (QED) is 0.846. The van der Waals surface area contributed by atoms with Crippen LogP contribution in [0.2, 0.25) is 0 Å². The fraction of sp³-hybridized carbons (Fsp3) is 0.636. The molecule has 0 aliphatic carbocycles. The first kappa shape index (κ1) is 13.4. The van der Waals surface area contributed by atoms with Crippen LogP contribution in [0.1, 0.15) is 26.6 Å². The van der Waals surface area contributed by atoms with E-state index in [1.807, 2.05) is 26.8 Å². The molecule has 0 aliphatic rings. The fourth-order valence-corrected chi connectivity index (χ4v) is 1.51. The van der Waals surface area contributed by atoms with E-state index in [-0.39, 0.29) is 5.60 Å². The Labute approximate surface area is 105 Å². The lowest BCUT2D eigenvalue weighted by Gasteiger charge is -2.23. The van der Waals surface area contributed by atoms with Gasteiger partial charge in [-0.1, -0.05) is 6.92 Å². The number of rotatable bonds is 5. The van der Waals surface area contributed by atoms with Crippen LogP contribution in [-0.2, 0) is 11.2 Å². The molecule has 1 heterocycles. The maximum Gasteiger partial charge on any atom is 0.131 e. The van der Waals surface area contributed by atoms with Crippen molar-refractivity contribution in [2.75, 3.05) is 19.0 Å². The zero-order chi connectivity index (χ0) is 12.2. The Kier molecular flexibility index (Phi) is 4.68. The maximum atomic E-state index is 5.33. The summed E-state index contributed by atoms with van der Waals surface area (Å²) in [5.41, 5.74) is -0.205. The van der Waals surface area contributed by atoms with Crippen molar-refractivity contribution in [1.29, 1.82) is 0 Å². The highest BCUT2D eigenvalue weighted by molar-refractivity contribution is 9.10. The largest absolute Gasteiger partial charge is 0.377 e. The van der Waals surface area contributed by atoms with E-state index < -0.39 is 0 Å². The van der Waals surface area contributed by atoms with Crippen molar-refractivity contribution >= 4 is 21.7 Å². The summed E-state index contributed by atoms with van der Waals surface area (Å²) >= 11 is 3.37. The lowest BCUT2D eigenvalue weighted by atomic mass is 10.1. The van der Waals surface area contributed by atoms with Gasteiger partial charge in [0.15, 0.2) is 0 Å². The number of hydrogen-bond acceptors (Lipinski definition) is 4. The minimum atomic E-state index is -0.205. The van der Waals surface area contributed by atoms with Gasteiger partial charge in [-0.3, -0.25) is 0 Å². The smallest absolute Gasteiger partial charge is 0.131 e. The van der Waals surface area contributed by atoms with E-state index in [2.05, 4.69) is 31.2 Å². The summed E-state index contributed by atoms with van der Waals surface area (Å²) in [6, 6.07) is 1.87. The maximum absolute atomic E-state index is 5.33. The number of anilines is 1. The third kappa shape index (κ3) is 4.06. The number of aryl methyl sites for hydroxylation is 1. The van der Waals surface area contributed by atoms with Gasteiger partial charge in [0.25, 0.3) is 0 Å². The zero-order valence-electron chi connectivity index (χ0n) is 10.2. The van der Waals surface area contributed by atoms with E-state index in [0.717, 1.165) is 22.7 Å². The number of nitrogens with zero attached hydrogens (tertiary/aromatic N) is 2. The molecular weight excluding hydrogens is 270 g/mol. The van der Waals surface area contributed by atoms with Crippen molar-refractivity contribution in [2.45, 2.75) is 32.8 Å². The highest BCUT2D eigenvalue weighted by Gasteiger charge is 2.16. The standard InChI is InChI=1S/C11H18BrN3O/c1-5-9-14-8(12)6-10(15-9)13-7-11(2,3)16-4/h6H,5,7H2,1-4H3,(H,13,14,15). The van der Waals surface area contributed by atoms with Gasteiger partial charge in [-0.2, -0.15) is 0 Å². The van der Waals surface area contributed by atoms with Crippen LogP contribution in [0, 0.1) is 0 Å². The fourth-order valence-electron chi connectivity index (χ4n) is 1.09. The topological polar surface area (TPSA) is 47.0 Å². The summed E-state index contributed by atoms with van der Waals surface area (Å²) in [5, 5.41) is 3.25. The molecule has 4 nitrogen and oxygen atoms in total. The number of aromatic nitrogens is 2. The molecule has 0 radical (unpaired) electrons. The highest BCUT2D eigenvalue weighted by Crippen LogP contribution is 2.14. The molecule has 5 heteroatoms. The average Bonchev–Trinajstić information content (AvgIpc) is 2.26. The summed E-state index contributed by atoms with van der Waals surface area (Å²) < 4.78 is 6.13. The van der Waals surface area contributed by atoms with Gasteiger partial charge in [0.2, 0.25) is 0 Å². The summed E-state index contributed by atoms with van der Waals surface area (Å²) in [5.74, 6) is 1.65. The van der Waals surface area contributed by atoms with E-state index in [1.54, 1.807) is 7.11 Å². The van der Waals surface area contributed by atoms with Crippen LogP contribution in [0.5, 0.6) is 0 Å². The molecule has 0 fully saturated rings. The van der Waals surface area contributed by atoms with Crippen molar-refractivity contribution in [3.05, 3.63) is 16.5 Å². The third-order valence-corrected chi connectivity index (χ3v) is 2.71. The molecule has 0 amide bonds. The summed E-state index contributed by atoms with van der Waals surface area (Å²) in [4.78, 5) is 8.63. The Morgan fingerprint density at radius 3 is 2.69 bits per heavy atom. The molecule has 1 N–H and O–H groups in total. The van der Waals surface area contributed by atoms with Gasteiger partial charge in [0.05, 0.1) is 5.60 Å². The van der Waals surface area contributed by atoms with Crippen LogP contribution in [0.4, 0.5) is 5.82 Å². The van der Waals surface area contributed by atoms with Crippen molar-refractivity contribution in [2.24, 2.45) is 0 Å². The monoisotopic (exact) mass is 287 g/mol. The number of ether oxygens (including phenoxy) is 1. The second-order valence-corrected chi connectivity index (χ2v) is 4.98. The van der Waals surface area contributed by atoms with Gasteiger partial charge in [0.1, 0.15) is 16.2 Å². The van der Waals surface area contributed by atoms with Gasteiger partial charge in [-0.05, 0) is 29.8 Å². The van der Waals surface area contributed by atoms with Crippen LogP contribution >= 0.6 is 15.9 Å². The Morgan fingerprint density at radius 1 is 1.44 bits per heavy atom. The van der Waals surface area contributed by atoms with Gasteiger partial charge >= 0.3 is 0 Å². The Bertz CT molecular complexity index is 355. The molecule has 1 aromatic rings. The zero-order valence-corrected chi connectivity index (χ0v) is 11.8. The van der Waals surface area contributed by atoms with Crippen LogP contribution in [0.3, 0.4) is 0 Å². The van der Waals surface area contributed by atoms with Crippen molar-refractivity contribution in [1.82, 2.24) is 9.97 Å². The molecule has 0 aromatic carbocycles. The lowest BCUT2D eigenvalue weighted by molar-refractivity contribution is 0.0343. The molecule has 1 rings (SSSR count). The predicted octanol–water partition coefficient (Wildman–Crippen LogP) is 2.64. The second kappa shape index (κ2) is 5.59. The van der Waals surface area contributed by atoms with E-state index in [0.29, 0.717) is 6.54 Å². The van der Waals surface area contributed by atoms with Crippen LogP contribution < -0.4 is 5.32 Å². The predicted molar refractivity (Wildman–Crippen MR) is 68.7 cm³/mol. The average molecular weight is 288 g/mol. The Balaban J connectivity index is 2.70. The summed E-state index contributed by atoms with van der Waals surface area (Å²) in [7, 11) is 1.70. The second-order valence-electron chi connectivity index (χ2n) is 4.16. The minimum Gasteiger partial charge on any atom is -0.377 e. The third-order valence-electron chi connectivity index (χ3n) is 2.31. The molecule has 16 heavy (non-hydrogen) atoms. The molecule has 0 bridgehead atoms. The summed E-state index contributed by atoms with van der Waals surface area (Å²) in [6.07, 6.45) is 0.821. The number of nitrogens with one attached hydrogen (secondary N) is 1. The van der Waals surface area contributed by atoms with Crippen molar-refractivity contribution in [3.8, 4) is 0 Å². The van der Waals surface area contributed by atoms with E-state index in [9.17, 15) is 0 Å². The van der Waals surface area contributed by atoms with Gasteiger partial charge < -0.3 is 10.1 Å². The number of halogens is 1. The first-order valence-electron chi connectivity index (χ1n) is 5.29. The molecule has 0 unspecified atom stereocenters. The first-order chi connectivity index (χ1) is 7.46. The molecular formula is C11H18BrN3O. The minimum absolute atomic E-state index is 0.205. The molecule has 0 saturated carbocycles. The molecule has 90 valence electrons. The van der Waals surface area contributed by atoms with Crippen molar-refractivity contribution < 1.29 is 4.74 Å². The SMILES string of the molecule is CCc1nc(Br)cc(NCC(C)(C)OC)n1. The molecule has 0 atom stereocenters. The van der Waals surface area contributed by atoms with E-state index in [1.165, 1.54) is 0 Å². The lowest BCUT2D eigenvalue weighted by Crippen LogP contribution is -2.32. The van der Waals surface area contributed by atoms with Gasteiger partial charge in [0, 0.05) is 26.1 Å². The van der Waals surface area contributed by atoms with Crippen LogP contribution in [-0.4, -0.2) is 29.2 Å². The van der Waals surface area contributed by atoms with Gasteiger partial charge in [-0.15, -0.1) is 0 Å². The molecule has 0 saturated heterocycles. The van der Waals surface area contributed by atoms with Crippen LogP contribution in [0.25, 0.3) is 0 Å². The first-order valence-corrected chi connectivity index (χ1v) is 6.08. The molecule has 1 aromatic heterocycles. The van der Waals surface area contributed by atoms with E-state index >= 15 is 0 Å². The van der Waals surface area contributed by atoms with Crippen molar-refractivity contribution in [3.63, 3.8) is 0 Å².